The molecule has 0 spiro atoms. The van der Waals surface area contributed by atoms with E-state index in [4.69, 9.17) is 23.2 Å². The van der Waals surface area contributed by atoms with Gasteiger partial charge in [0.05, 0.1) is 16.1 Å². The lowest BCUT2D eigenvalue weighted by Crippen LogP contribution is -2.27. The van der Waals surface area contributed by atoms with E-state index >= 15 is 0 Å². The van der Waals surface area contributed by atoms with Crippen molar-refractivity contribution in [3.05, 3.63) is 81.3 Å². The summed E-state index contributed by atoms with van der Waals surface area (Å²) in [6.07, 6.45) is 2.41. The van der Waals surface area contributed by atoms with Crippen LogP contribution in [0.25, 0.3) is 16.3 Å². The van der Waals surface area contributed by atoms with Gasteiger partial charge in [-0.25, -0.2) is 0 Å². The molecule has 5 rings (SSSR count). The summed E-state index contributed by atoms with van der Waals surface area (Å²) in [7, 11) is 0. The first kappa shape index (κ1) is 16.9. The van der Waals surface area contributed by atoms with Gasteiger partial charge in [-0.05, 0) is 52.9 Å². The highest BCUT2D eigenvalue weighted by Crippen LogP contribution is 2.48. The molecule has 0 saturated carbocycles. The molecule has 0 aromatic heterocycles. The maximum atomic E-state index is 13.0. The first-order chi connectivity index (χ1) is 13.1. The number of allylic oxidation sites excluding steroid dienone is 1. The number of halogens is 2. The van der Waals surface area contributed by atoms with Gasteiger partial charge in [0.25, 0.3) is 0 Å². The van der Waals surface area contributed by atoms with Gasteiger partial charge in [-0.1, -0.05) is 59.6 Å². The molecule has 0 bridgehead atoms. The van der Waals surface area contributed by atoms with Gasteiger partial charge in [0.15, 0.2) is 5.78 Å². The molecule has 3 aromatic carbocycles. The predicted molar refractivity (Wildman–Crippen MR) is 113 cm³/mol. The third kappa shape index (κ3) is 2.67. The fourth-order valence-corrected chi connectivity index (χ4v) is 4.65. The summed E-state index contributed by atoms with van der Waals surface area (Å²) in [4.78, 5) is 13.0. The zero-order chi connectivity index (χ0) is 18.5. The Morgan fingerprint density at radius 3 is 2.63 bits per heavy atom. The van der Waals surface area contributed by atoms with Crippen LogP contribution in [-0.4, -0.2) is 5.78 Å². The minimum absolute atomic E-state index is 0.198. The van der Waals surface area contributed by atoms with E-state index < -0.39 is 0 Å². The number of anilines is 1. The Morgan fingerprint density at radius 1 is 0.926 bits per heavy atom. The highest BCUT2D eigenvalue weighted by atomic mass is 35.5. The van der Waals surface area contributed by atoms with Gasteiger partial charge in [0.2, 0.25) is 0 Å². The topological polar surface area (TPSA) is 29.1 Å². The van der Waals surface area contributed by atoms with Crippen molar-refractivity contribution < 1.29 is 4.79 Å². The van der Waals surface area contributed by atoms with E-state index in [-0.39, 0.29) is 11.8 Å². The first-order valence-corrected chi connectivity index (χ1v) is 9.89. The predicted octanol–water partition coefficient (Wildman–Crippen LogP) is 6.82. The van der Waals surface area contributed by atoms with Crippen LogP contribution in [0.3, 0.4) is 0 Å². The van der Waals surface area contributed by atoms with Crippen LogP contribution in [0.4, 0.5) is 5.69 Å². The van der Waals surface area contributed by atoms with Crippen LogP contribution in [0.1, 0.15) is 36.4 Å². The normalized spacial score (nSPS) is 18.9. The van der Waals surface area contributed by atoms with Crippen molar-refractivity contribution in [2.24, 2.45) is 0 Å². The van der Waals surface area contributed by atoms with Crippen molar-refractivity contribution in [1.82, 2.24) is 0 Å². The third-order valence-electron chi connectivity index (χ3n) is 5.55. The third-order valence-corrected chi connectivity index (χ3v) is 6.29. The molecular weight excluding hydrogens is 377 g/mol. The van der Waals surface area contributed by atoms with Crippen LogP contribution in [-0.2, 0) is 4.79 Å². The number of benzene rings is 3. The lowest BCUT2D eigenvalue weighted by atomic mass is 9.77. The van der Waals surface area contributed by atoms with Gasteiger partial charge in [-0.3, -0.25) is 4.79 Å². The molecule has 2 nitrogen and oxygen atoms in total. The van der Waals surface area contributed by atoms with Gasteiger partial charge < -0.3 is 5.32 Å². The monoisotopic (exact) mass is 393 g/mol. The fourth-order valence-electron chi connectivity index (χ4n) is 4.34. The molecule has 0 radical (unpaired) electrons. The SMILES string of the molecule is O=C1CCCC2=C1C(c1ccc(Cl)c(Cl)c1)Nc1ccc3ccccc3c12. The molecule has 0 amide bonds. The van der Waals surface area contributed by atoms with Gasteiger partial charge in [-0.15, -0.1) is 0 Å². The van der Waals surface area contributed by atoms with E-state index in [2.05, 4.69) is 35.6 Å². The van der Waals surface area contributed by atoms with Crippen molar-refractivity contribution >= 4 is 51.0 Å². The van der Waals surface area contributed by atoms with Crippen LogP contribution in [0, 0.1) is 0 Å². The van der Waals surface area contributed by atoms with Crippen molar-refractivity contribution in [2.45, 2.75) is 25.3 Å². The molecule has 134 valence electrons. The van der Waals surface area contributed by atoms with Crippen molar-refractivity contribution in [2.75, 3.05) is 5.32 Å². The molecule has 1 N–H and O–H groups in total. The van der Waals surface area contributed by atoms with Crippen molar-refractivity contribution in [3.63, 3.8) is 0 Å². The molecule has 1 aliphatic heterocycles. The molecule has 1 atom stereocenters. The molecule has 3 aromatic rings. The van der Waals surface area contributed by atoms with E-state index in [1.165, 1.54) is 21.9 Å². The van der Waals surface area contributed by atoms with E-state index in [9.17, 15) is 4.79 Å². The Hall–Kier alpha value is -2.29. The fraction of sp³-hybridized carbons (Fsp3) is 0.174. The maximum Gasteiger partial charge on any atom is 0.161 e. The summed E-state index contributed by atoms with van der Waals surface area (Å²) in [6, 6.07) is 18.0. The summed E-state index contributed by atoms with van der Waals surface area (Å²) in [5.41, 5.74) is 5.26. The second-order valence-corrected chi connectivity index (χ2v) is 7.94. The summed E-state index contributed by atoms with van der Waals surface area (Å²) in [5, 5.41) is 7.01. The van der Waals surface area contributed by atoms with Crippen LogP contribution >= 0.6 is 23.2 Å². The average Bonchev–Trinajstić information content (AvgIpc) is 2.69. The Labute approximate surface area is 167 Å². The van der Waals surface area contributed by atoms with E-state index in [0.717, 1.165) is 29.7 Å². The molecule has 2 aliphatic rings. The number of carbonyl (C=O) groups excluding carboxylic acids is 1. The van der Waals surface area contributed by atoms with Crippen LogP contribution in [0.2, 0.25) is 10.0 Å². The Kier molecular flexibility index (Phi) is 3.99. The number of rotatable bonds is 1. The Morgan fingerprint density at radius 2 is 1.78 bits per heavy atom. The quantitative estimate of drug-likeness (QED) is 0.491. The standard InChI is InChI=1S/C23H17Cl2NO/c24-17-10-8-14(12-18(17)25)23-22-16(6-3-7-20(22)27)21-15-5-2-1-4-13(15)9-11-19(21)26-23/h1-2,4-5,8-12,23,26H,3,6-7H2. The number of hydrogen-bond acceptors (Lipinski definition) is 2. The lowest BCUT2D eigenvalue weighted by Gasteiger charge is -2.35. The number of carbonyl (C=O) groups is 1. The molecule has 1 heterocycles. The van der Waals surface area contributed by atoms with Gasteiger partial charge >= 0.3 is 0 Å². The van der Waals surface area contributed by atoms with Crippen molar-refractivity contribution in [3.8, 4) is 0 Å². The Bertz CT molecular complexity index is 1130. The summed E-state index contributed by atoms with van der Waals surface area (Å²) < 4.78 is 0. The van der Waals surface area contributed by atoms with E-state index in [1.807, 2.05) is 18.2 Å². The van der Waals surface area contributed by atoms with Gasteiger partial charge in [0.1, 0.15) is 0 Å². The molecule has 0 fully saturated rings. The number of Topliss-reactive ketones (excluding diaryl/α,β-unsaturated/α-hetero) is 1. The zero-order valence-corrected chi connectivity index (χ0v) is 16.1. The van der Waals surface area contributed by atoms with Gasteiger partial charge in [-0.2, -0.15) is 0 Å². The Balaban J connectivity index is 1.77. The molecule has 1 aliphatic carbocycles. The number of hydrogen-bond donors (Lipinski definition) is 1. The average molecular weight is 394 g/mol. The molecule has 0 saturated heterocycles. The first-order valence-electron chi connectivity index (χ1n) is 9.13. The van der Waals surface area contributed by atoms with E-state index in [0.29, 0.717) is 16.5 Å². The highest BCUT2D eigenvalue weighted by Gasteiger charge is 2.35. The minimum atomic E-state index is -0.198. The summed E-state index contributed by atoms with van der Waals surface area (Å²) in [5.74, 6) is 0.221. The lowest BCUT2D eigenvalue weighted by molar-refractivity contribution is -0.116. The molecule has 27 heavy (non-hydrogen) atoms. The summed E-state index contributed by atoms with van der Waals surface area (Å²) in [6.45, 7) is 0. The summed E-state index contributed by atoms with van der Waals surface area (Å²) >= 11 is 12.4. The van der Waals surface area contributed by atoms with Crippen LogP contribution in [0.15, 0.2) is 60.2 Å². The maximum absolute atomic E-state index is 13.0. The van der Waals surface area contributed by atoms with Crippen LogP contribution in [0.5, 0.6) is 0 Å². The molecule has 4 heteroatoms. The smallest absolute Gasteiger partial charge is 0.161 e. The minimum Gasteiger partial charge on any atom is -0.373 e. The van der Waals surface area contributed by atoms with Crippen molar-refractivity contribution in [1.29, 1.82) is 0 Å². The molecule has 1 unspecified atom stereocenters. The zero-order valence-electron chi connectivity index (χ0n) is 14.6. The second-order valence-electron chi connectivity index (χ2n) is 7.13. The second kappa shape index (κ2) is 6.40. The van der Waals surface area contributed by atoms with E-state index in [1.54, 1.807) is 6.07 Å². The van der Waals surface area contributed by atoms with Crippen LogP contribution < -0.4 is 5.32 Å². The highest BCUT2D eigenvalue weighted by molar-refractivity contribution is 6.42. The number of nitrogens with one attached hydrogen (secondary N) is 1. The largest absolute Gasteiger partial charge is 0.373 e. The number of fused-ring (bicyclic) bond motifs is 4. The van der Waals surface area contributed by atoms with Gasteiger partial charge in [0, 0.05) is 23.2 Å². The molecular formula is C23H17Cl2NO. The number of ketones is 1.